The van der Waals surface area contributed by atoms with Gasteiger partial charge in [-0.3, -0.25) is 0 Å². The minimum Gasteiger partial charge on any atom is -0.495 e. The second kappa shape index (κ2) is 5.91. The second-order valence-corrected chi connectivity index (χ2v) is 4.60. The van der Waals surface area contributed by atoms with Gasteiger partial charge in [0.05, 0.1) is 19.0 Å². The summed E-state index contributed by atoms with van der Waals surface area (Å²) < 4.78 is 5.25. The highest BCUT2D eigenvalue weighted by Crippen LogP contribution is 2.32. The summed E-state index contributed by atoms with van der Waals surface area (Å²) in [5.74, 6) is 1.27. The number of hydrogen-bond acceptors (Lipinski definition) is 4. The van der Waals surface area contributed by atoms with Crippen LogP contribution in [-0.2, 0) is 4.79 Å². The lowest BCUT2D eigenvalue weighted by Crippen LogP contribution is -2.36. The van der Waals surface area contributed by atoms with Crippen LogP contribution in [-0.4, -0.2) is 38.6 Å². The summed E-state index contributed by atoms with van der Waals surface area (Å²) in [4.78, 5) is 12.5. The summed E-state index contributed by atoms with van der Waals surface area (Å²) in [6, 6.07) is 6.00. The van der Waals surface area contributed by atoms with Gasteiger partial charge < -0.3 is 20.1 Å². The van der Waals surface area contributed by atoms with E-state index in [2.05, 4.69) is 10.9 Å². The van der Waals surface area contributed by atoms with E-state index in [0.717, 1.165) is 37.9 Å². The largest absolute Gasteiger partial charge is 0.495 e. The predicted molar refractivity (Wildman–Crippen MR) is 73.5 cm³/mol. The SMILES string of the molecule is COc1cc(C2CCN([B]C=O)CC2)ccc1N. The Bertz CT molecular complexity index is 417. The molecule has 0 saturated carbocycles. The van der Waals surface area contributed by atoms with Crippen molar-refractivity contribution in [1.29, 1.82) is 0 Å². The van der Waals surface area contributed by atoms with Crippen LogP contribution < -0.4 is 10.5 Å². The van der Waals surface area contributed by atoms with Gasteiger partial charge in [-0.05, 0) is 49.5 Å². The molecule has 4 nitrogen and oxygen atoms in total. The highest BCUT2D eigenvalue weighted by atomic mass is 16.5. The van der Waals surface area contributed by atoms with E-state index in [1.54, 1.807) is 14.5 Å². The molecule has 0 aliphatic carbocycles. The van der Waals surface area contributed by atoms with E-state index in [1.165, 1.54) is 5.56 Å². The van der Waals surface area contributed by atoms with Crippen molar-refractivity contribution < 1.29 is 9.53 Å². The molecule has 1 aliphatic rings. The van der Waals surface area contributed by atoms with Gasteiger partial charge in [0.2, 0.25) is 0 Å². The van der Waals surface area contributed by atoms with E-state index in [0.29, 0.717) is 11.6 Å². The first kappa shape index (κ1) is 13.0. The Kier molecular flexibility index (Phi) is 4.26. The van der Waals surface area contributed by atoms with Gasteiger partial charge in [-0.25, -0.2) is 0 Å². The number of nitrogens with two attached hydrogens (primary N) is 1. The normalized spacial score (nSPS) is 17.4. The molecule has 0 bridgehead atoms. The molecular weight excluding hydrogens is 227 g/mol. The van der Waals surface area contributed by atoms with Crippen LogP contribution in [0.1, 0.15) is 24.3 Å². The first-order valence-corrected chi connectivity index (χ1v) is 6.20. The van der Waals surface area contributed by atoms with E-state index in [4.69, 9.17) is 10.5 Å². The molecule has 1 aromatic carbocycles. The van der Waals surface area contributed by atoms with Crippen LogP contribution in [0.15, 0.2) is 18.2 Å². The fraction of sp³-hybridized carbons (Fsp3) is 0.462. The Morgan fingerprint density at radius 1 is 1.44 bits per heavy atom. The molecule has 2 rings (SSSR count). The number of ether oxygens (including phenoxy) is 1. The van der Waals surface area contributed by atoms with Crippen LogP contribution in [0.5, 0.6) is 5.75 Å². The molecular formula is C13H18BN2O2. The van der Waals surface area contributed by atoms with Crippen LogP contribution in [0, 0.1) is 0 Å². The van der Waals surface area contributed by atoms with E-state index in [1.807, 2.05) is 12.1 Å². The van der Waals surface area contributed by atoms with Gasteiger partial charge in [0.25, 0.3) is 7.41 Å². The molecule has 18 heavy (non-hydrogen) atoms. The lowest BCUT2D eigenvalue weighted by atomic mass is 9.84. The molecule has 0 atom stereocenters. The average molecular weight is 245 g/mol. The molecule has 1 radical (unpaired) electrons. The fourth-order valence-corrected chi connectivity index (χ4v) is 2.45. The maximum absolute atomic E-state index is 10.4. The highest BCUT2D eigenvalue weighted by molar-refractivity contribution is 6.64. The van der Waals surface area contributed by atoms with Gasteiger partial charge in [0, 0.05) is 0 Å². The molecule has 95 valence electrons. The van der Waals surface area contributed by atoms with Crippen LogP contribution in [0.3, 0.4) is 0 Å². The third-order valence-electron chi connectivity index (χ3n) is 3.53. The van der Waals surface area contributed by atoms with Gasteiger partial charge in [0.1, 0.15) is 5.75 Å². The molecule has 0 amide bonds. The van der Waals surface area contributed by atoms with Crippen molar-refractivity contribution in [3.05, 3.63) is 23.8 Å². The van der Waals surface area contributed by atoms with Gasteiger partial charge >= 0.3 is 0 Å². The summed E-state index contributed by atoms with van der Waals surface area (Å²) in [6.07, 6.45) is 2.96. The number of nitrogens with zero attached hydrogens (tertiary/aromatic N) is 1. The first-order valence-electron chi connectivity index (χ1n) is 6.20. The third-order valence-corrected chi connectivity index (χ3v) is 3.53. The standard InChI is InChI=1S/C13H18BN2O2/c1-18-13-8-11(2-3-12(13)15)10-4-6-16(7-5-10)14-9-17/h2-3,8-10H,4-7,15H2,1H3. The van der Waals surface area contributed by atoms with E-state index in [9.17, 15) is 4.79 Å². The Hall–Kier alpha value is -1.49. The lowest BCUT2D eigenvalue weighted by Gasteiger charge is -2.31. The molecule has 1 fully saturated rings. The molecule has 1 aliphatic heterocycles. The van der Waals surface area contributed by atoms with Gasteiger partial charge in [0.15, 0.2) is 0 Å². The molecule has 1 aromatic rings. The Morgan fingerprint density at radius 3 is 2.78 bits per heavy atom. The zero-order valence-corrected chi connectivity index (χ0v) is 10.6. The quantitative estimate of drug-likeness (QED) is 0.493. The van der Waals surface area contributed by atoms with Crippen LogP contribution in [0.4, 0.5) is 5.69 Å². The zero-order valence-electron chi connectivity index (χ0n) is 10.6. The summed E-state index contributed by atoms with van der Waals surface area (Å²) in [6.45, 7) is 1.85. The number of rotatable bonds is 4. The molecule has 0 spiro atoms. The van der Waals surface area contributed by atoms with Crippen molar-refractivity contribution in [2.75, 3.05) is 25.9 Å². The highest BCUT2D eigenvalue weighted by Gasteiger charge is 2.21. The smallest absolute Gasteiger partial charge is 0.293 e. The molecule has 0 aromatic heterocycles. The molecule has 1 saturated heterocycles. The first-order chi connectivity index (χ1) is 8.74. The van der Waals surface area contributed by atoms with E-state index >= 15 is 0 Å². The maximum Gasteiger partial charge on any atom is 0.293 e. The van der Waals surface area contributed by atoms with Crippen molar-refractivity contribution in [2.24, 2.45) is 0 Å². The number of methoxy groups -OCH3 is 1. The van der Waals surface area contributed by atoms with Crippen molar-refractivity contribution in [3.63, 3.8) is 0 Å². The number of benzene rings is 1. The van der Waals surface area contributed by atoms with Crippen LogP contribution in [0.2, 0.25) is 0 Å². The monoisotopic (exact) mass is 245 g/mol. The topological polar surface area (TPSA) is 55.6 Å². The number of carbonyl (C=O) groups excluding carboxylic acids is 1. The van der Waals surface area contributed by atoms with Crippen molar-refractivity contribution in [3.8, 4) is 5.75 Å². The number of nitrogen functional groups attached to an aromatic ring is 1. The van der Waals surface area contributed by atoms with Gasteiger partial charge in [-0.2, -0.15) is 0 Å². The Labute approximate surface area is 108 Å². The minimum atomic E-state index is 0.524. The second-order valence-electron chi connectivity index (χ2n) is 4.60. The fourth-order valence-electron chi connectivity index (χ4n) is 2.45. The van der Waals surface area contributed by atoms with E-state index in [-0.39, 0.29) is 0 Å². The molecule has 0 unspecified atom stereocenters. The van der Waals surface area contributed by atoms with Gasteiger partial charge in [-0.15, -0.1) is 0 Å². The van der Waals surface area contributed by atoms with Crippen LogP contribution in [0.25, 0.3) is 0 Å². The Balaban J connectivity index is 2.03. The molecule has 5 heteroatoms. The van der Waals surface area contributed by atoms with E-state index < -0.39 is 0 Å². The summed E-state index contributed by atoms with van der Waals surface area (Å²) in [7, 11) is 3.26. The summed E-state index contributed by atoms with van der Waals surface area (Å²) in [5, 5.41) is 0. The maximum atomic E-state index is 10.4. The van der Waals surface area contributed by atoms with Crippen molar-refractivity contribution >= 4 is 19.3 Å². The van der Waals surface area contributed by atoms with Crippen LogP contribution >= 0.6 is 0 Å². The van der Waals surface area contributed by atoms with Crippen molar-refractivity contribution in [1.82, 2.24) is 4.81 Å². The number of carbonyl (C=O) groups is 1. The molecule has 2 N–H and O–H groups in total. The number of piperidine rings is 1. The van der Waals surface area contributed by atoms with Crippen molar-refractivity contribution in [2.45, 2.75) is 18.8 Å². The minimum absolute atomic E-state index is 0.524. The molecule has 1 heterocycles. The zero-order chi connectivity index (χ0) is 13.0. The van der Waals surface area contributed by atoms with Gasteiger partial charge in [-0.1, -0.05) is 6.07 Å². The summed E-state index contributed by atoms with van der Waals surface area (Å²) in [5.41, 5.74) is 7.76. The third kappa shape index (κ3) is 2.85. The summed E-state index contributed by atoms with van der Waals surface area (Å²) >= 11 is 0. The number of anilines is 1. The average Bonchev–Trinajstić information content (AvgIpc) is 2.41. The number of hydrogen-bond donors (Lipinski definition) is 1. The Morgan fingerprint density at radius 2 is 2.17 bits per heavy atom. The predicted octanol–water partition coefficient (Wildman–Crippen LogP) is 1.27. The lowest BCUT2D eigenvalue weighted by molar-refractivity contribution is 0.330.